The van der Waals surface area contributed by atoms with Gasteiger partial charge in [0.15, 0.2) is 0 Å². The van der Waals surface area contributed by atoms with Crippen LogP contribution in [0.3, 0.4) is 0 Å². The lowest BCUT2D eigenvalue weighted by Gasteiger charge is -2.08. The van der Waals surface area contributed by atoms with Crippen LogP contribution in [0, 0.1) is 0 Å². The summed E-state index contributed by atoms with van der Waals surface area (Å²) in [7, 11) is 4.53. The molecule has 0 fully saturated rings. The lowest BCUT2D eigenvalue weighted by molar-refractivity contribution is -0.252. The largest absolute Gasteiger partial charge is 0.481 e. The highest BCUT2D eigenvalue weighted by atomic mass is 16.8. The van der Waals surface area contributed by atoms with Crippen molar-refractivity contribution in [3.8, 4) is 0 Å². The fourth-order valence-electron chi connectivity index (χ4n) is 0.289. The first-order valence-corrected chi connectivity index (χ1v) is 2.86. The maximum Gasteiger partial charge on any atom is 0.300 e. The van der Waals surface area contributed by atoms with Crippen molar-refractivity contribution in [2.75, 3.05) is 21.3 Å². The van der Waals surface area contributed by atoms with Crippen molar-refractivity contribution in [1.29, 1.82) is 0 Å². The van der Waals surface area contributed by atoms with Crippen molar-refractivity contribution in [1.82, 2.24) is 0 Å². The van der Waals surface area contributed by atoms with Crippen molar-refractivity contribution in [2.24, 2.45) is 0 Å². The molecule has 0 aromatic rings. The summed E-state index contributed by atoms with van der Waals surface area (Å²) >= 11 is 0. The first kappa shape index (κ1) is 13.0. The fourth-order valence-corrected chi connectivity index (χ4v) is 0.289. The van der Waals surface area contributed by atoms with Gasteiger partial charge in [-0.15, -0.1) is 0 Å². The van der Waals surface area contributed by atoms with Crippen LogP contribution < -0.4 is 0 Å². The molecule has 1 N–H and O–H groups in total. The van der Waals surface area contributed by atoms with Crippen molar-refractivity contribution in [3.05, 3.63) is 0 Å². The third-order valence-electron chi connectivity index (χ3n) is 0.577. The molecule has 0 aliphatic carbocycles. The second kappa shape index (κ2) is 9.35. The van der Waals surface area contributed by atoms with E-state index in [9.17, 15) is 0 Å². The monoisotopic (exact) mass is 166 g/mol. The Balaban J connectivity index is 0. The Morgan fingerprint density at radius 2 is 1.36 bits per heavy atom. The van der Waals surface area contributed by atoms with Crippen LogP contribution in [0.5, 0.6) is 0 Å². The Hall–Kier alpha value is -0.650. The standard InChI is InChI=1S/C4H10O3.C2H4O2/c1-5-4(6-2)7-3;1-2(3)4/h4H,1-3H3;1H3,(H,3,4). The van der Waals surface area contributed by atoms with E-state index in [4.69, 9.17) is 9.90 Å². The molecule has 0 aromatic heterocycles. The lowest BCUT2D eigenvalue weighted by Crippen LogP contribution is -2.14. The Morgan fingerprint density at radius 1 is 1.18 bits per heavy atom. The molecule has 0 rings (SSSR count). The highest BCUT2D eigenvalue weighted by Gasteiger charge is 1.96. The summed E-state index contributed by atoms with van der Waals surface area (Å²) in [6.45, 7) is 0.569. The van der Waals surface area contributed by atoms with Crippen molar-refractivity contribution < 1.29 is 24.1 Å². The van der Waals surface area contributed by atoms with Gasteiger partial charge in [0.05, 0.1) is 0 Å². The van der Waals surface area contributed by atoms with Crippen LogP contribution in [0.1, 0.15) is 6.92 Å². The molecule has 0 amide bonds. The maximum atomic E-state index is 9.00. The van der Waals surface area contributed by atoms with Crippen LogP contribution in [-0.2, 0) is 19.0 Å². The summed E-state index contributed by atoms with van der Waals surface area (Å²) in [5.41, 5.74) is 0. The van der Waals surface area contributed by atoms with E-state index in [1.165, 1.54) is 21.3 Å². The van der Waals surface area contributed by atoms with E-state index < -0.39 is 12.4 Å². The van der Waals surface area contributed by atoms with E-state index in [1.54, 1.807) is 0 Å². The van der Waals surface area contributed by atoms with Crippen molar-refractivity contribution in [3.63, 3.8) is 0 Å². The molecule has 0 atom stereocenters. The van der Waals surface area contributed by atoms with E-state index in [1.807, 2.05) is 0 Å². The van der Waals surface area contributed by atoms with E-state index in [0.29, 0.717) is 0 Å². The summed E-state index contributed by atoms with van der Waals surface area (Å²) in [5, 5.41) is 7.42. The minimum Gasteiger partial charge on any atom is -0.481 e. The molecule has 5 nitrogen and oxygen atoms in total. The number of methoxy groups -OCH3 is 3. The molecule has 0 saturated heterocycles. The molecule has 0 bridgehead atoms. The molecule has 11 heavy (non-hydrogen) atoms. The molecule has 68 valence electrons. The number of rotatable bonds is 3. The van der Waals surface area contributed by atoms with Crippen LogP contribution >= 0.6 is 0 Å². The topological polar surface area (TPSA) is 65.0 Å². The van der Waals surface area contributed by atoms with Gasteiger partial charge in [-0.2, -0.15) is 0 Å². The van der Waals surface area contributed by atoms with Crippen LogP contribution in [0.15, 0.2) is 0 Å². The maximum absolute atomic E-state index is 9.00. The molecular weight excluding hydrogens is 152 g/mol. The third-order valence-corrected chi connectivity index (χ3v) is 0.577. The highest BCUT2D eigenvalue weighted by molar-refractivity contribution is 5.62. The predicted molar refractivity (Wildman–Crippen MR) is 38.1 cm³/mol. The normalized spacial score (nSPS) is 8.82. The molecule has 0 heterocycles. The van der Waals surface area contributed by atoms with Gasteiger partial charge in [0, 0.05) is 28.3 Å². The van der Waals surface area contributed by atoms with Gasteiger partial charge in [-0.05, 0) is 0 Å². The zero-order valence-electron chi connectivity index (χ0n) is 7.16. The molecule has 0 aliphatic heterocycles. The Morgan fingerprint density at radius 3 is 1.36 bits per heavy atom. The van der Waals surface area contributed by atoms with Crippen LogP contribution in [0.4, 0.5) is 0 Å². The Kier molecular flexibility index (Phi) is 11.0. The van der Waals surface area contributed by atoms with Gasteiger partial charge in [0.2, 0.25) is 0 Å². The van der Waals surface area contributed by atoms with E-state index in [-0.39, 0.29) is 0 Å². The molecular formula is C6H14O5. The van der Waals surface area contributed by atoms with Gasteiger partial charge in [-0.1, -0.05) is 0 Å². The summed E-state index contributed by atoms with van der Waals surface area (Å²) in [6, 6.07) is 0. The molecule has 0 aromatic carbocycles. The number of hydrogen-bond donors (Lipinski definition) is 1. The van der Waals surface area contributed by atoms with Gasteiger partial charge in [-0.25, -0.2) is 0 Å². The predicted octanol–water partition coefficient (Wildman–Crippen LogP) is 0.300. The van der Waals surface area contributed by atoms with Crippen molar-refractivity contribution in [2.45, 2.75) is 13.4 Å². The number of aliphatic carboxylic acids is 1. The summed E-state index contributed by atoms with van der Waals surface area (Å²) in [4.78, 5) is 9.00. The van der Waals surface area contributed by atoms with Gasteiger partial charge < -0.3 is 19.3 Å². The quantitative estimate of drug-likeness (QED) is 0.611. The van der Waals surface area contributed by atoms with E-state index in [2.05, 4.69) is 14.2 Å². The third kappa shape index (κ3) is 17.6. The lowest BCUT2D eigenvalue weighted by atomic mass is 10.9. The number of carboxylic acid groups (broad SMARTS) is 1. The SMILES string of the molecule is CC(=O)O.COC(OC)OC. The van der Waals surface area contributed by atoms with Crippen LogP contribution in [0.25, 0.3) is 0 Å². The molecule has 0 aliphatic rings. The zero-order chi connectivity index (χ0) is 9.28. The second-order valence-corrected chi connectivity index (χ2v) is 1.51. The first-order valence-electron chi connectivity index (χ1n) is 2.86. The minimum atomic E-state index is -0.833. The van der Waals surface area contributed by atoms with Gasteiger partial charge in [0.25, 0.3) is 12.4 Å². The average Bonchev–Trinajstić information content (AvgIpc) is 1.90. The fraction of sp³-hybridized carbons (Fsp3) is 0.833. The summed E-state index contributed by atoms with van der Waals surface area (Å²) < 4.78 is 13.8. The minimum absolute atomic E-state index is 0.514. The van der Waals surface area contributed by atoms with E-state index >= 15 is 0 Å². The van der Waals surface area contributed by atoms with Crippen LogP contribution in [0.2, 0.25) is 0 Å². The number of carbonyl (C=O) groups is 1. The first-order chi connectivity index (χ1) is 5.08. The molecule has 0 radical (unpaired) electrons. The zero-order valence-corrected chi connectivity index (χ0v) is 7.16. The number of carboxylic acids is 1. The average molecular weight is 166 g/mol. The van der Waals surface area contributed by atoms with Crippen molar-refractivity contribution >= 4 is 5.97 Å². The summed E-state index contributed by atoms with van der Waals surface area (Å²) in [5.74, 6) is -0.833. The number of ether oxygens (including phenoxy) is 3. The van der Waals surface area contributed by atoms with Gasteiger partial charge in [0.1, 0.15) is 0 Å². The molecule has 5 heteroatoms. The van der Waals surface area contributed by atoms with Gasteiger partial charge in [-0.3, -0.25) is 4.79 Å². The molecule has 0 saturated carbocycles. The smallest absolute Gasteiger partial charge is 0.300 e. The Bertz CT molecular complexity index is 79.5. The summed E-state index contributed by atoms with van der Waals surface area (Å²) in [6.07, 6.45) is 0. The number of hydrogen-bond acceptors (Lipinski definition) is 4. The molecule has 0 spiro atoms. The van der Waals surface area contributed by atoms with Gasteiger partial charge >= 0.3 is 0 Å². The molecule has 0 unspecified atom stereocenters. The van der Waals surface area contributed by atoms with E-state index in [0.717, 1.165) is 6.92 Å². The van der Waals surface area contributed by atoms with Crippen LogP contribution in [-0.4, -0.2) is 38.9 Å². The second-order valence-electron chi connectivity index (χ2n) is 1.51. The highest BCUT2D eigenvalue weighted by Crippen LogP contribution is 1.87. The Labute approximate surface area is 65.9 Å².